The second-order valence-corrected chi connectivity index (χ2v) is 8.52. The lowest BCUT2D eigenvalue weighted by Crippen LogP contribution is -2.17. The summed E-state index contributed by atoms with van der Waals surface area (Å²) in [5.74, 6) is -3.21. The smallest absolute Gasteiger partial charge is 0.336 e. The number of carboxylic acids is 2. The number of amides is 2. The standard InChI is InChI=1S/C24H19ClN2O7S/c1-34-20-8-6-14(25)10-19(20)27-21(28)12-35-16-4-2-3-15(11-16)26-22(29)17-7-5-13(23(30)31)9-18(17)24(32)33/h2-11H,12H2,1H3,(H,26,29)(H,27,28)(H,30,31)(H,32,33). The van der Waals surface area contributed by atoms with Gasteiger partial charge in [0.1, 0.15) is 5.75 Å². The number of carboxylic acid groups (broad SMARTS) is 2. The molecule has 180 valence electrons. The average Bonchev–Trinajstić information content (AvgIpc) is 2.82. The number of ether oxygens (including phenoxy) is 1. The molecule has 9 nitrogen and oxygen atoms in total. The molecular weight excluding hydrogens is 496 g/mol. The van der Waals surface area contributed by atoms with Crippen LogP contribution in [0.1, 0.15) is 31.1 Å². The van der Waals surface area contributed by atoms with Gasteiger partial charge in [-0.3, -0.25) is 9.59 Å². The Hall–Kier alpha value is -4.02. The Morgan fingerprint density at radius 2 is 1.69 bits per heavy atom. The van der Waals surface area contributed by atoms with Crippen LogP contribution in [-0.4, -0.2) is 46.8 Å². The van der Waals surface area contributed by atoms with Crippen LogP contribution >= 0.6 is 23.4 Å². The molecular formula is C24H19ClN2O7S. The van der Waals surface area contributed by atoms with E-state index in [1.54, 1.807) is 42.5 Å². The molecule has 4 N–H and O–H groups in total. The summed E-state index contributed by atoms with van der Waals surface area (Å²) in [5, 5.41) is 24.2. The van der Waals surface area contributed by atoms with Gasteiger partial charge in [-0.05, 0) is 54.6 Å². The fourth-order valence-corrected chi connectivity index (χ4v) is 3.95. The predicted molar refractivity (Wildman–Crippen MR) is 132 cm³/mol. The van der Waals surface area contributed by atoms with Crippen molar-refractivity contribution in [3.63, 3.8) is 0 Å². The Balaban J connectivity index is 1.67. The normalized spacial score (nSPS) is 10.3. The van der Waals surface area contributed by atoms with Gasteiger partial charge in [0.15, 0.2) is 0 Å². The maximum Gasteiger partial charge on any atom is 0.336 e. The first-order chi connectivity index (χ1) is 16.7. The van der Waals surface area contributed by atoms with Crippen LogP contribution in [0.15, 0.2) is 65.6 Å². The number of hydrogen-bond acceptors (Lipinski definition) is 6. The molecule has 0 unspecified atom stereocenters. The zero-order valence-corrected chi connectivity index (χ0v) is 19.8. The van der Waals surface area contributed by atoms with Crippen molar-refractivity contribution in [2.24, 2.45) is 0 Å². The quantitative estimate of drug-likeness (QED) is 0.300. The molecule has 3 aromatic carbocycles. The topological polar surface area (TPSA) is 142 Å². The van der Waals surface area contributed by atoms with Crippen molar-refractivity contribution in [1.29, 1.82) is 0 Å². The number of thioether (sulfide) groups is 1. The Morgan fingerprint density at radius 3 is 2.37 bits per heavy atom. The first-order valence-corrected chi connectivity index (χ1v) is 11.3. The maximum absolute atomic E-state index is 12.7. The number of benzene rings is 3. The Kier molecular flexibility index (Phi) is 8.34. The van der Waals surface area contributed by atoms with Crippen LogP contribution in [0, 0.1) is 0 Å². The zero-order chi connectivity index (χ0) is 25.5. The number of anilines is 2. The van der Waals surface area contributed by atoms with Gasteiger partial charge < -0.3 is 25.6 Å². The van der Waals surface area contributed by atoms with Gasteiger partial charge in [0.2, 0.25) is 5.91 Å². The van der Waals surface area contributed by atoms with Crippen LogP contribution < -0.4 is 15.4 Å². The lowest BCUT2D eigenvalue weighted by molar-refractivity contribution is -0.113. The van der Waals surface area contributed by atoms with Crippen molar-refractivity contribution in [3.05, 3.63) is 82.4 Å². The minimum atomic E-state index is -1.43. The van der Waals surface area contributed by atoms with Crippen molar-refractivity contribution in [3.8, 4) is 5.75 Å². The lowest BCUT2D eigenvalue weighted by Gasteiger charge is -2.11. The van der Waals surface area contributed by atoms with Crippen LogP contribution in [0.25, 0.3) is 0 Å². The van der Waals surface area contributed by atoms with Gasteiger partial charge in [-0.25, -0.2) is 9.59 Å². The number of aromatic carboxylic acids is 2. The first kappa shape index (κ1) is 25.6. The van der Waals surface area contributed by atoms with Gasteiger partial charge in [0.05, 0.1) is 35.2 Å². The SMILES string of the molecule is COc1ccc(Cl)cc1NC(=O)CSc1cccc(NC(=O)c2ccc(C(=O)O)cc2C(=O)O)c1. The number of hydrogen-bond donors (Lipinski definition) is 4. The summed E-state index contributed by atoms with van der Waals surface area (Å²) in [4.78, 5) is 48.4. The van der Waals surface area contributed by atoms with E-state index < -0.39 is 23.4 Å². The molecule has 0 aliphatic rings. The summed E-state index contributed by atoms with van der Waals surface area (Å²) in [5.41, 5.74) is -0.0483. The fraction of sp³-hybridized carbons (Fsp3) is 0.0833. The summed E-state index contributed by atoms with van der Waals surface area (Å²) in [6, 6.07) is 14.7. The number of nitrogens with one attached hydrogen (secondary N) is 2. The zero-order valence-electron chi connectivity index (χ0n) is 18.2. The van der Waals surface area contributed by atoms with E-state index in [1.807, 2.05) is 0 Å². The second-order valence-electron chi connectivity index (χ2n) is 7.03. The van der Waals surface area contributed by atoms with E-state index in [0.29, 0.717) is 27.0 Å². The molecule has 0 radical (unpaired) electrons. The monoisotopic (exact) mass is 514 g/mol. The maximum atomic E-state index is 12.7. The van der Waals surface area contributed by atoms with E-state index in [0.717, 1.165) is 18.2 Å². The largest absolute Gasteiger partial charge is 0.495 e. The average molecular weight is 515 g/mol. The van der Waals surface area contributed by atoms with Crippen LogP contribution in [0.5, 0.6) is 5.75 Å². The summed E-state index contributed by atoms with van der Waals surface area (Å²) in [7, 11) is 1.48. The van der Waals surface area contributed by atoms with Gasteiger partial charge in [0.25, 0.3) is 5.91 Å². The molecule has 11 heteroatoms. The molecule has 0 fully saturated rings. The van der Waals surface area contributed by atoms with Crippen molar-refractivity contribution in [2.45, 2.75) is 4.90 Å². The van der Waals surface area contributed by atoms with E-state index in [4.69, 9.17) is 21.4 Å². The molecule has 0 heterocycles. The van der Waals surface area contributed by atoms with Crippen LogP contribution in [0.2, 0.25) is 5.02 Å². The number of carbonyl (C=O) groups is 4. The van der Waals surface area contributed by atoms with Crippen LogP contribution in [0.3, 0.4) is 0 Å². The predicted octanol–water partition coefficient (Wildman–Crippen LogP) is 4.73. The van der Waals surface area contributed by atoms with E-state index >= 15 is 0 Å². The molecule has 0 atom stereocenters. The highest BCUT2D eigenvalue weighted by Crippen LogP contribution is 2.28. The minimum Gasteiger partial charge on any atom is -0.495 e. The third kappa shape index (κ3) is 6.75. The molecule has 35 heavy (non-hydrogen) atoms. The second kappa shape index (κ2) is 11.4. The van der Waals surface area contributed by atoms with E-state index in [2.05, 4.69) is 10.6 Å². The summed E-state index contributed by atoms with van der Waals surface area (Å²) in [6.07, 6.45) is 0. The molecule has 0 spiro atoms. The molecule has 0 aliphatic heterocycles. The highest BCUT2D eigenvalue weighted by molar-refractivity contribution is 8.00. The first-order valence-electron chi connectivity index (χ1n) is 9.96. The number of halogens is 1. The third-order valence-corrected chi connectivity index (χ3v) is 5.87. The van der Waals surface area contributed by atoms with E-state index in [1.165, 1.54) is 18.9 Å². The molecule has 0 bridgehead atoms. The van der Waals surface area contributed by atoms with Crippen LogP contribution in [-0.2, 0) is 4.79 Å². The minimum absolute atomic E-state index is 0.0624. The Morgan fingerprint density at radius 1 is 0.914 bits per heavy atom. The van der Waals surface area contributed by atoms with Crippen LogP contribution in [0.4, 0.5) is 11.4 Å². The van der Waals surface area contributed by atoms with E-state index in [9.17, 15) is 24.3 Å². The third-order valence-electron chi connectivity index (χ3n) is 4.64. The lowest BCUT2D eigenvalue weighted by atomic mass is 10.0. The number of rotatable bonds is 9. The number of carbonyl (C=O) groups excluding carboxylic acids is 2. The van der Waals surface area contributed by atoms with Gasteiger partial charge in [-0.15, -0.1) is 11.8 Å². The summed E-state index contributed by atoms with van der Waals surface area (Å²) < 4.78 is 5.21. The van der Waals surface area contributed by atoms with Crippen molar-refractivity contribution >= 4 is 58.5 Å². The van der Waals surface area contributed by atoms with Crippen molar-refractivity contribution < 1.29 is 34.1 Å². The van der Waals surface area contributed by atoms with Gasteiger partial charge >= 0.3 is 11.9 Å². The van der Waals surface area contributed by atoms with E-state index in [-0.39, 0.29) is 22.8 Å². The molecule has 3 rings (SSSR count). The van der Waals surface area contributed by atoms with Crippen molar-refractivity contribution in [2.75, 3.05) is 23.5 Å². The Bertz CT molecular complexity index is 1310. The molecule has 0 saturated carbocycles. The highest BCUT2D eigenvalue weighted by Gasteiger charge is 2.19. The van der Waals surface area contributed by atoms with Gasteiger partial charge in [-0.1, -0.05) is 17.7 Å². The van der Waals surface area contributed by atoms with Gasteiger partial charge in [0, 0.05) is 15.6 Å². The molecule has 0 aliphatic carbocycles. The molecule has 0 saturated heterocycles. The summed E-state index contributed by atoms with van der Waals surface area (Å²) >= 11 is 7.20. The molecule has 3 aromatic rings. The number of methoxy groups -OCH3 is 1. The summed E-state index contributed by atoms with van der Waals surface area (Å²) in [6.45, 7) is 0. The molecule has 2 amide bonds. The van der Waals surface area contributed by atoms with Crippen molar-refractivity contribution in [1.82, 2.24) is 0 Å². The van der Waals surface area contributed by atoms with Gasteiger partial charge in [-0.2, -0.15) is 0 Å². The highest BCUT2D eigenvalue weighted by atomic mass is 35.5. The fourth-order valence-electron chi connectivity index (χ4n) is 3.03. The molecule has 0 aromatic heterocycles. The Labute approximate surface area is 209 Å².